The normalized spacial score (nSPS) is 24.2. The maximum Gasteiger partial charge on any atom is 0.221 e. The summed E-state index contributed by atoms with van der Waals surface area (Å²) in [6.45, 7) is 2.94. The third-order valence-corrected chi connectivity index (χ3v) is 7.25. The zero-order valence-electron chi connectivity index (χ0n) is 14.1. The Kier molecular flexibility index (Phi) is 4.92. The Labute approximate surface area is 143 Å². The number of nitrogens with one attached hydrogen (secondary N) is 1. The second kappa shape index (κ2) is 6.80. The van der Waals surface area contributed by atoms with E-state index in [1.165, 1.54) is 0 Å². The van der Waals surface area contributed by atoms with Crippen molar-refractivity contribution < 1.29 is 13.2 Å². The van der Waals surface area contributed by atoms with Crippen molar-refractivity contribution in [1.82, 2.24) is 14.6 Å². The van der Waals surface area contributed by atoms with Crippen LogP contribution in [0, 0.1) is 0 Å². The summed E-state index contributed by atoms with van der Waals surface area (Å²) < 4.78 is 26.4. The first-order valence-electron chi connectivity index (χ1n) is 8.65. The molecule has 1 spiro atoms. The van der Waals surface area contributed by atoms with E-state index in [1.54, 1.807) is 10.5 Å². The number of pyridine rings is 1. The second-order valence-corrected chi connectivity index (χ2v) is 8.90. The van der Waals surface area contributed by atoms with Gasteiger partial charge in [0.2, 0.25) is 15.9 Å². The Balaban J connectivity index is 1.75. The molecule has 2 saturated heterocycles. The number of nitrogens with zero attached hydrogens (tertiary/aromatic N) is 2. The fraction of sp³-hybridized carbons (Fsp3) is 0.647. The molecule has 1 aromatic heterocycles. The molecule has 132 valence electrons. The quantitative estimate of drug-likeness (QED) is 0.875. The number of aromatic nitrogens is 1. The van der Waals surface area contributed by atoms with E-state index in [2.05, 4.69) is 10.3 Å². The van der Waals surface area contributed by atoms with E-state index in [0.29, 0.717) is 38.8 Å². The highest BCUT2D eigenvalue weighted by molar-refractivity contribution is 7.89. The summed E-state index contributed by atoms with van der Waals surface area (Å²) in [5.74, 6) is 0.333. The predicted molar refractivity (Wildman–Crippen MR) is 92.0 cm³/mol. The summed E-state index contributed by atoms with van der Waals surface area (Å²) in [5, 5.41) is 3.14. The molecular formula is C17H25N3O3S. The van der Waals surface area contributed by atoms with Gasteiger partial charge in [-0.25, -0.2) is 12.7 Å². The summed E-state index contributed by atoms with van der Waals surface area (Å²) in [6.07, 6.45) is 6.87. The van der Waals surface area contributed by atoms with Crippen LogP contribution in [0.15, 0.2) is 24.5 Å². The average Bonchev–Trinajstić information content (AvgIpc) is 2.90. The number of sulfonamides is 1. The van der Waals surface area contributed by atoms with E-state index in [4.69, 9.17) is 0 Å². The Bertz CT molecular complexity index is 682. The molecule has 1 aromatic rings. The van der Waals surface area contributed by atoms with Gasteiger partial charge >= 0.3 is 0 Å². The summed E-state index contributed by atoms with van der Waals surface area (Å²) in [6, 6.07) is 3.89. The number of rotatable bonds is 5. The van der Waals surface area contributed by atoms with Crippen LogP contribution in [0.1, 0.15) is 50.5 Å². The van der Waals surface area contributed by atoms with Crippen LogP contribution in [0.25, 0.3) is 0 Å². The maximum absolute atomic E-state index is 12.4. The number of piperidine rings is 1. The molecule has 0 aromatic carbocycles. The first-order valence-corrected chi connectivity index (χ1v) is 10.3. The van der Waals surface area contributed by atoms with E-state index in [1.807, 2.05) is 25.3 Å². The molecule has 3 rings (SSSR count). The zero-order valence-corrected chi connectivity index (χ0v) is 14.9. The van der Waals surface area contributed by atoms with Gasteiger partial charge in [0.15, 0.2) is 0 Å². The molecule has 0 aliphatic carbocycles. The van der Waals surface area contributed by atoms with Gasteiger partial charge in [0.25, 0.3) is 0 Å². The van der Waals surface area contributed by atoms with Gasteiger partial charge in [-0.15, -0.1) is 0 Å². The lowest BCUT2D eigenvalue weighted by Crippen LogP contribution is -2.54. The third-order valence-electron chi connectivity index (χ3n) is 5.30. The fourth-order valence-electron chi connectivity index (χ4n) is 3.91. The van der Waals surface area contributed by atoms with E-state index >= 15 is 0 Å². The SMILES string of the molecule is CCCCS(=O)(=O)N1CCC2(CC1)NC(=O)CC2c1cccnc1. The first kappa shape index (κ1) is 17.4. The van der Waals surface area contributed by atoms with Crippen molar-refractivity contribution in [2.75, 3.05) is 18.8 Å². The van der Waals surface area contributed by atoms with Crippen molar-refractivity contribution in [2.45, 2.75) is 50.5 Å². The fourth-order valence-corrected chi connectivity index (χ4v) is 5.56. The molecule has 2 aliphatic rings. The van der Waals surface area contributed by atoms with Crippen LogP contribution >= 0.6 is 0 Å². The van der Waals surface area contributed by atoms with E-state index in [0.717, 1.165) is 12.0 Å². The molecule has 7 heteroatoms. The Hall–Kier alpha value is -1.47. The zero-order chi connectivity index (χ0) is 17.2. The van der Waals surface area contributed by atoms with Gasteiger partial charge in [-0.2, -0.15) is 0 Å². The smallest absolute Gasteiger partial charge is 0.221 e. The monoisotopic (exact) mass is 351 g/mol. The summed E-state index contributed by atoms with van der Waals surface area (Å²) >= 11 is 0. The minimum atomic E-state index is -3.18. The molecule has 3 heterocycles. The molecule has 2 fully saturated rings. The van der Waals surface area contributed by atoms with Gasteiger partial charge in [-0.3, -0.25) is 9.78 Å². The van der Waals surface area contributed by atoms with Crippen molar-refractivity contribution >= 4 is 15.9 Å². The topological polar surface area (TPSA) is 79.4 Å². The molecule has 1 atom stereocenters. The number of hydrogen-bond donors (Lipinski definition) is 1. The molecule has 0 bridgehead atoms. The summed E-state index contributed by atoms with van der Waals surface area (Å²) in [7, 11) is -3.18. The Morgan fingerprint density at radius 1 is 1.38 bits per heavy atom. The highest BCUT2D eigenvalue weighted by atomic mass is 32.2. The van der Waals surface area contributed by atoms with Crippen LogP contribution in [-0.2, 0) is 14.8 Å². The van der Waals surface area contributed by atoms with Crippen LogP contribution < -0.4 is 5.32 Å². The van der Waals surface area contributed by atoms with Crippen molar-refractivity contribution in [1.29, 1.82) is 0 Å². The lowest BCUT2D eigenvalue weighted by molar-refractivity contribution is -0.120. The van der Waals surface area contributed by atoms with Gasteiger partial charge in [0.05, 0.1) is 5.75 Å². The molecule has 1 unspecified atom stereocenters. The molecule has 2 aliphatic heterocycles. The minimum Gasteiger partial charge on any atom is -0.350 e. The number of unbranched alkanes of at least 4 members (excludes halogenated alkanes) is 1. The van der Waals surface area contributed by atoms with Crippen LogP contribution in [0.4, 0.5) is 0 Å². The Morgan fingerprint density at radius 3 is 2.75 bits per heavy atom. The van der Waals surface area contributed by atoms with Crippen molar-refractivity contribution in [2.24, 2.45) is 0 Å². The average molecular weight is 351 g/mol. The van der Waals surface area contributed by atoms with Gasteiger partial charge in [-0.1, -0.05) is 19.4 Å². The maximum atomic E-state index is 12.4. The number of carbonyl (C=O) groups is 1. The molecule has 1 amide bonds. The summed E-state index contributed by atoms with van der Waals surface area (Å²) in [4.78, 5) is 16.2. The van der Waals surface area contributed by atoms with Gasteiger partial charge in [-0.05, 0) is 30.9 Å². The van der Waals surface area contributed by atoms with Gasteiger partial charge < -0.3 is 5.32 Å². The molecule has 0 saturated carbocycles. The molecule has 24 heavy (non-hydrogen) atoms. The lowest BCUT2D eigenvalue weighted by Gasteiger charge is -2.42. The van der Waals surface area contributed by atoms with Crippen molar-refractivity contribution in [3.63, 3.8) is 0 Å². The van der Waals surface area contributed by atoms with Crippen LogP contribution in [0.3, 0.4) is 0 Å². The lowest BCUT2D eigenvalue weighted by atomic mass is 9.75. The van der Waals surface area contributed by atoms with Gasteiger partial charge in [0, 0.05) is 43.4 Å². The highest BCUT2D eigenvalue weighted by Crippen LogP contribution is 2.43. The molecule has 6 nitrogen and oxygen atoms in total. The van der Waals surface area contributed by atoms with Crippen LogP contribution in [0.2, 0.25) is 0 Å². The molecule has 1 N–H and O–H groups in total. The molecular weight excluding hydrogens is 326 g/mol. The number of amides is 1. The largest absolute Gasteiger partial charge is 0.350 e. The highest BCUT2D eigenvalue weighted by Gasteiger charge is 2.49. The molecule has 0 radical (unpaired) electrons. The van der Waals surface area contributed by atoms with Crippen molar-refractivity contribution in [3.8, 4) is 0 Å². The number of carbonyl (C=O) groups excluding carboxylic acids is 1. The standard InChI is InChI=1S/C17H25N3O3S/c1-2-3-11-24(22,23)20-9-6-17(7-10-20)15(12-16(21)19-17)14-5-4-8-18-13-14/h4-5,8,13,15H,2-3,6-7,9-12H2,1H3,(H,19,21). The second-order valence-electron chi connectivity index (χ2n) is 6.82. The van der Waals surface area contributed by atoms with Crippen molar-refractivity contribution in [3.05, 3.63) is 30.1 Å². The predicted octanol–water partition coefficient (Wildman–Crippen LogP) is 1.65. The van der Waals surface area contributed by atoms with E-state index in [9.17, 15) is 13.2 Å². The first-order chi connectivity index (χ1) is 11.5. The number of hydrogen-bond acceptors (Lipinski definition) is 4. The Morgan fingerprint density at radius 2 is 2.12 bits per heavy atom. The third kappa shape index (κ3) is 3.32. The summed E-state index contributed by atoms with van der Waals surface area (Å²) in [5.41, 5.74) is 0.717. The van der Waals surface area contributed by atoms with Crippen LogP contribution in [-0.4, -0.2) is 48.0 Å². The van der Waals surface area contributed by atoms with Gasteiger partial charge in [0.1, 0.15) is 0 Å². The van der Waals surface area contributed by atoms with E-state index < -0.39 is 10.0 Å². The minimum absolute atomic E-state index is 0.0474. The van der Waals surface area contributed by atoms with E-state index in [-0.39, 0.29) is 23.1 Å². The van der Waals surface area contributed by atoms with Crippen LogP contribution in [0.5, 0.6) is 0 Å².